The third-order valence-corrected chi connectivity index (χ3v) is 2.68. The zero-order valence-corrected chi connectivity index (χ0v) is 11.2. The fraction of sp³-hybridized carbons (Fsp3) is 0.267. The molecule has 19 heavy (non-hydrogen) atoms. The molecule has 0 saturated heterocycles. The molecular formula is C15H18N2O2. The first-order chi connectivity index (χ1) is 9.16. The van der Waals surface area contributed by atoms with Gasteiger partial charge < -0.3 is 4.74 Å². The molecule has 2 rings (SSSR count). The first kappa shape index (κ1) is 13.4. The number of carbonyl (C=O) groups excluding carboxylic acids is 1. The minimum absolute atomic E-state index is 0.0507. The number of hydrazine groups is 1. The van der Waals surface area contributed by atoms with E-state index >= 15 is 0 Å². The molecule has 0 unspecified atom stereocenters. The maximum Gasteiger partial charge on any atom is 0.237 e. The first-order valence-corrected chi connectivity index (χ1v) is 6.24. The summed E-state index contributed by atoms with van der Waals surface area (Å²) < 4.78 is 5.69. The topological polar surface area (TPSA) is 41.6 Å². The van der Waals surface area contributed by atoms with E-state index in [2.05, 4.69) is 5.43 Å². The molecule has 4 nitrogen and oxygen atoms in total. The first-order valence-electron chi connectivity index (χ1n) is 6.24. The van der Waals surface area contributed by atoms with Crippen LogP contribution in [-0.4, -0.2) is 31.6 Å². The second-order valence-corrected chi connectivity index (χ2v) is 4.51. The number of carbonyl (C=O) groups is 1. The summed E-state index contributed by atoms with van der Waals surface area (Å²) in [6.45, 7) is 0.369. The Morgan fingerprint density at radius 1 is 1.16 bits per heavy atom. The van der Waals surface area contributed by atoms with E-state index in [9.17, 15) is 4.79 Å². The van der Waals surface area contributed by atoms with Crippen molar-refractivity contribution in [2.45, 2.75) is 6.42 Å². The summed E-state index contributed by atoms with van der Waals surface area (Å²) in [5.74, 6) is 0.765. The molecule has 0 fully saturated rings. The predicted octanol–water partition coefficient (Wildman–Crippen LogP) is 2.20. The fourth-order valence-corrected chi connectivity index (χ4v) is 1.88. The average molecular weight is 258 g/mol. The Morgan fingerprint density at radius 3 is 2.68 bits per heavy atom. The molecule has 2 aromatic carbocycles. The normalized spacial score (nSPS) is 10.7. The van der Waals surface area contributed by atoms with Gasteiger partial charge in [0.05, 0.1) is 13.0 Å². The smallest absolute Gasteiger partial charge is 0.237 e. The molecule has 4 heteroatoms. The summed E-state index contributed by atoms with van der Waals surface area (Å²) in [5.41, 5.74) is 2.68. The molecule has 0 radical (unpaired) electrons. The van der Waals surface area contributed by atoms with Crippen molar-refractivity contribution in [3.05, 3.63) is 42.5 Å². The number of hydrogen-bond donors (Lipinski definition) is 1. The Hall–Kier alpha value is -2.07. The second kappa shape index (κ2) is 6.20. The lowest BCUT2D eigenvalue weighted by atomic mass is 10.1. The van der Waals surface area contributed by atoms with Crippen LogP contribution >= 0.6 is 0 Å². The Bertz CT molecular complexity index is 562. The van der Waals surface area contributed by atoms with Gasteiger partial charge in [-0.1, -0.05) is 36.4 Å². The zero-order chi connectivity index (χ0) is 13.7. The van der Waals surface area contributed by atoms with E-state index in [1.165, 1.54) is 0 Å². The van der Waals surface area contributed by atoms with E-state index < -0.39 is 0 Å². The molecule has 2 aromatic rings. The molecule has 0 heterocycles. The number of benzene rings is 2. The minimum Gasteiger partial charge on any atom is -0.492 e. The van der Waals surface area contributed by atoms with Crippen molar-refractivity contribution >= 4 is 16.7 Å². The van der Waals surface area contributed by atoms with Crippen LogP contribution in [0, 0.1) is 0 Å². The molecule has 0 spiro atoms. The lowest BCUT2D eigenvalue weighted by molar-refractivity contribution is -0.125. The van der Waals surface area contributed by atoms with Gasteiger partial charge in [0.1, 0.15) is 5.75 Å². The zero-order valence-electron chi connectivity index (χ0n) is 11.2. The average Bonchev–Trinajstić information content (AvgIpc) is 2.38. The van der Waals surface area contributed by atoms with Crippen molar-refractivity contribution in [1.29, 1.82) is 0 Å². The summed E-state index contributed by atoms with van der Waals surface area (Å²) in [6.07, 6.45) is 0.335. The summed E-state index contributed by atoms with van der Waals surface area (Å²) in [5, 5.41) is 3.83. The Labute approximate surface area is 112 Å². The SMILES string of the molecule is CN(C)NC(=O)CCOc1cccc2ccccc12. The number of ether oxygens (including phenoxy) is 1. The van der Waals surface area contributed by atoms with Gasteiger partial charge in [0, 0.05) is 19.5 Å². The Kier molecular flexibility index (Phi) is 4.36. The summed E-state index contributed by atoms with van der Waals surface area (Å²) in [6, 6.07) is 14.0. The highest BCUT2D eigenvalue weighted by molar-refractivity contribution is 5.88. The molecule has 0 bridgehead atoms. The molecule has 0 atom stereocenters. The fourth-order valence-electron chi connectivity index (χ4n) is 1.88. The molecule has 0 aromatic heterocycles. The van der Waals surface area contributed by atoms with Crippen molar-refractivity contribution in [2.75, 3.05) is 20.7 Å². The van der Waals surface area contributed by atoms with Crippen LogP contribution in [0.1, 0.15) is 6.42 Å². The standard InChI is InChI=1S/C15H18N2O2/c1-17(2)16-15(18)10-11-19-14-9-5-7-12-6-3-4-8-13(12)14/h3-9H,10-11H2,1-2H3,(H,16,18). The van der Waals surface area contributed by atoms with Gasteiger partial charge in [0.2, 0.25) is 5.91 Å². The third kappa shape index (κ3) is 3.69. The number of rotatable bonds is 5. The van der Waals surface area contributed by atoms with E-state index in [1.807, 2.05) is 42.5 Å². The van der Waals surface area contributed by atoms with Crippen LogP contribution in [0.2, 0.25) is 0 Å². The van der Waals surface area contributed by atoms with Gasteiger partial charge in [-0.15, -0.1) is 0 Å². The Balaban J connectivity index is 1.97. The maximum absolute atomic E-state index is 11.5. The van der Waals surface area contributed by atoms with Gasteiger partial charge in [-0.2, -0.15) is 0 Å². The molecule has 100 valence electrons. The van der Waals surface area contributed by atoms with Crippen LogP contribution in [0.15, 0.2) is 42.5 Å². The predicted molar refractivity (Wildman–Crippen MR) is 75.9 cm³/mol. The summed E-state index contributed by atoms with van der Waals surface area (Å²) in [7, 11) is 3.56. The largest absolute Gasteiger partial charge is 0.492 e. The number of nitrogens with zero attached hydrogens (tertiary/aromatic N) is 1. The molecule has 1 N–H and O–H groups in total. The van der Waals surface area contributed by atoms with Gasteiger partial charge in [0.25, 0.3) is 0 Å². The van der Waals surface area contributed by atoms with Crippen molar-refractivity contribution in [3.8, 4) is 5.75 Å². The number of nitrogens with one attached hydrogen (secondary N) is 1. The molecule has 0 aliphatic heterocycles. The van der Waals surface area contributed by atoms with Gasteiger partial charge in [-0.25, -0.2) is 5.01 Å². The number of fused-ring (bicyclic) bond motifs is 1. The van der Waals surface area contributed by atoms with Crippen molar-refractivity contribution in [1.82, 2.24) is 10.4 Å². The van der Waals surface area contributed by atoms with Gasteiger partial charge in [-0.05, 0) is 11.5 Å². The molecule has 0 aliphatic carbocycles. The van der Waals surface area contributed by atoms with E-state index in [-0.39, 0.29) is 5.91 Å². The summed E-state index contributed by atoms with van der Waals surface area (Å²) in [4.78, 5) is 11.5. The van der Waals surface area contributed by atoms with Crippen LogP contribution < -0.4 is 10.2 Å². The molecule has 0 saturated carbocycles. The van der Waals surface area contributed by atoms with Crippen LogP contribution in [0.4, 0.5) is 0 Å². The number of amides is 1. The van der Waals surface area contributed by atoms with E-state index in [0.717, 1.165) is 16.5 Å². The lowest BCUT2D eigenvalue weighted by Gasteiger charge is -2.12. The van der Waals surface area contributed by atoms with Crippen LogP contribution in [-0.2, 0) is 4.79 Å². The summed E-state index contributed by atoms with van der Waals surface area (Å²) >= 11 is 0. The quantitative estimate of drug-likeness (QED) is 0.836. The van der Waals surface area contributed by atoms with Gasteiger partial charge in [0.15, 0.2) is 0 Å². The monoisotopic (exact) mass is 258 g/mol. The van der Waals surface area contributed by atoms with Crippen LogP contribution in [0.25, 0.3) is 10.8 Å². The minimum atomic E-state index is -0.0507. The highest BCUT2D eigenvalue weighted by Gasteiger charge is 2.04. The highest BCUT2D eigenvalue weighted by atomic mass is 16.5. The number of hydrogen-bond acceptors (Lipinski definition) is 3. The third-order valence-electron chi connectivity index (χ3n) is 2.68. The van der Waals surface area contributed by atoms with Crippen LogP contribution in [0.3, 0.4) is 0 Å². The van der Waals surface area contributed by atoms with Crippen molar-refractivity contribution in [3.63, 3.8) is 0 Å². The Morgan fingerprint density at radius 2 is 1.89 bits per heavy atom. The van der Waals surface area contributed by atoms with Gasteiger partial charge >= 0.3 is 0 Å². The van der Waals surface area contributed by atoms with E-state index in [0.29, 0.717) is 13.0 Å². The molecular weight excluding hydrogens is 240 g/mol. The molecule has 1 amide bonds. The van der Waals surface area contributed by atoms with Crippen molar-refractivity contribution < 1.29 is 9.53 Å². The van der Waals surface area contributed by atoms with Crippen LogP contribution in [0.5, 0.6) is 5.75 Å². The maximum atomic E-state index is 11.5. The van der Waals surface area contributed by atoms with E-state index in [1.54, 1.807) is 19.1 Å². The van der Waals surface area contributed by atoms with E-state index in [4.69, 9.17) is 4.74 Å². The molecule has 0 aliphatic rings. The van der Waals surface area contributed by atoms with Gasteiger partial charge in [-0.3, -0.25) is 10.2 Å². The lowest BCUT2D eigenvalue weighted by Crippen LogP contribution is -2.36. The second-order valence-electron chi connectivity index (χ2n) is 4.51. The highest BCUT2D eigenvalue weighted by Crippen LogP contribution is 2.25. The van der Waals surface area contributed by atoms with Crippen molar-refractivity contribution in [2.24, 2.45) is 0 Å².